The van der Waals surface area contributed by atoms with Gasteiger partial charge in [-0.05, 0) is 24.1 Å². The van der Waals surface area contributed by atoms with Gasteiger partial charge in [0.15, 0.2) is 0 Å². The van der Waals surface area contributed by atoms with E-state index in [1.165, 1.54) is 16.8 Å². The fraction of sp³-hybridized carbons (Fsp3) is 0.500. The number of ether oxygens (including phenoxy) is 1. The van der Waals surface area contributed by atoms with E-state index < -0.39 is 0 Å². The maximum absolute atomic E-state index is 5.61. The number of rotatable bonds is 2. The molecule has 0 unspecified atom stereocenters. The summed E-state index contributed by atoms with van der Waals surface area (Å²) in [5.74, 6) is 0. The Morgan fingerprint density at radius 3 is 2.67 bits per heavy atom. The van der Waals surface area contributed by atoms with Crippen molar-refractivity contribution in [1.29, 1.82) is 0 Å². The Morgan fingerprint density at radius 2 is 2.07 bits per heavy atom. The van der Waals surface area contributed by atoms with Crippen molar-refractivity contribution in [3.05, 3.63) is 29.3 Å². The summed E-state index contributed by atoms with van der Waals surface area (Å²) < 4.78 is 5.34. The first-order chi connectivity index (χ1) is 7.31. The van der Waals surface area contributed by atoms with Gasteiger partial charge >= 0.3 is 0 Å². The Bertz CT molecular complexity index is 332. The highest BCUT2D eigenvalue weighted by atomic mass is 16.5. The molecule has 0 amide bonds. The van der Waals surface area contributed by atoms with Gasteiger partial charge in [-0.3, -0.25) is 0 Å². The Morgan fingerprint density at radius 1 is 1.33 bits per heavy atom. The van der Waals surface area contributed by atoms with Gasteiger partial charge in [0.05, 0.1) is 13.2 Å². The topological polar surface area (TPSA) is 38.5 Å². The number of hydrogen-bond donors (Lipinski definition) is 1. The average Bonchev–Trinajstić information content (AvgIpc) is 2.30. The van der Waals surface area contributed by atoms with Crippen LogP contribution >= 0.6 is 0 Å². The fourth-order valence-electron chi connectivity index (χ4n) is 2.00. The van der Waals surface area contributed by atoms with Crippen LogP contribution in [0.2, 0.25) is 0 Å². The largest absolute Gasteiger partial charge is 0.378 e. The third-order valence-corrected chi connectivity index (χ3v) is 2.85. The summed E-state index contributed by atoms with van der Waals surface area (Å²) in [6, 6.07) is 6.45. The molecule has 0 radical (unpaired) electrons. The van der Waals surface area contributed by atoms with E-state index in [0.717, 1.165) is 26.3 Å². The molecular formula is C12H18N2O. The number of benzene rings is 1. The normalized spacial score (nSPS) is 16.8. The summed E-state index contributed by atoms with van der Waals surface area (Å²) >= 11 is 0. The second-order valence-electron chi connectivity index (χ2n) is 3.92. The van der Waals surface area contributed by atoms with Crippen LogP contribution < -0.4 is 10.6 Å². The van der Waals surface area contributed by atoms with Gasteiger partial charge in [0.25, 0.3) is 0 Å². The minimum atomic E-state index is 0.615. The number of morpholine rings is 1. The zero-order valence-corrected chi connectivity index (χ0v) is 9.20. The van der Waals surface area contributed by atoms with Crippen molar-refractivity contribution >= 4 is 5.69 Å². The zero-order chi connectivity index (χ0) is 10.7. The summed E-state index contributed by atoms with van der Waals surface area (Å²) in [5.41, 5.74) is 9.43. The lowest BCUT2D eigenvalue weighted by Gasteiger charge is -2.30. The molecule has 1 aromatic carbocycles. The molecule has 82 valence electrons. The summed E-state index contributed by atoms with van der Waals surface area (Å²) in [5, 5.41) is 0. The van der Waals surface area contributed by atoms with Crippen molar-refractivity contribution in [3.63, 3.8) is 0 Å². The highest BCUT2D eigenvalue weighted by molar-refractivity contribution is 5.54. The van der Waals surface area contributed by atoms with Crippen molar-refractivity contribution in [2.24, 2.45) is 5.73 Å². The molecule has 1 saturated heterocycles. The van der Waals surface area contributed by atoms with E-state index >= 15 is 0 Å². The van der Waals surface area contributed by atoms with Crippen LogP contribution in [0, 0.1) is 6.92 Å². The third-order valence-electron chi connectivity index (χ3n) is 2.85. The van der Waals surface area contributed by atoms with Gasteiger partial charge in [-0.15, -0.1) is 0 Å². The van der Waals surface area contributed by atoms with Crippen LogP contribution in [0.5, 0.6) is 0 Å². The monoisotopic (exact) mass is 206 g/mol. The minimum Gasteiger partial charge on any atom is -0.378 e. The van der Waals surface area contributed by atoms with Crippen molar-refractivity contribution in [1.82, 2.24) is 0 Å². The Labute approximate surface area is 90.8 Å². The SMILES string of the molecule is Cc1cc(CN)ccc1N1CCOCC1. The smallest absolute Gasteiger partial charge is 0.0642 e. The summed E-state index contributed by atoms with van der Waals surface area (Å²) in [6.45, 7) is 6.40. The molecule has 2 N–H and O–H groups in total. The maximum atomic E-state index is 5.61. The van der Waals surface area contributed by atoms with Crippen molar-refractivity contribution in [2.75, 3.05) is 31.2 Å². The first-order valence-corrected chi connectivity index (χ1v) is 5.43. The average molecular weight is 206 g/mol. The van der Waals surface area contributed by atoms with Gasteiger partial charge in [0.2, 0.25) is 0 Å². The quantitative estimate of drug-likeness (QED) is 0.792. The number of nitrogens with zero attached hydrogens (tertiary/aromatic N) is 1. The molecule has 3 heteroatoms. The van der Waals surface area contributed by atoms with E-state index in [4.69, 9.17) is 10.5 Å². The van der Waals surface area contributed by atoms with Crippen LogP contribution in [0.25, 0.3) is 0 Å². The molecule has 0 aliphatic carbocycles. The first-order valence-electron chi connectivity index (χ1n) is 5.43. The molecule has 3 nitrogen and oxygen atoms in total. The van der Waals surface area contributed by atoms with Gasteiger partial charge < -0.3 is 15.4 Å². The van der Waals surface area contributed by atoms with E-state index in [2.05, 4.69) is 30.0 Å². The lowest BCUT2D eigenvalue weighted by molar-refractivity contribution is 0.122. The fourth-order valence-corrected chi connectivity index (χ4v) is 2.00. The summed E-state index contributed by atoms with van der Waals surface area (Å²) in [7, 11) is 0. The maximum Gasteiger partial charge on any atom is 0.0642 e. The van der Waals surface area contributed by atoms with Crippen LogP contribution in [0.1, 0.15) is 11.1 Å². The number of hydrogen-bond acceptors (Lipinski definition) is 3. The Hall–Kier alpha value is -1.06. The van der Waals surface area contributed by atoms with E-state index in [0.29, 0.717) is 6.54 Å². The van der Waals surface area contributed by atoms with Crippen LogP contribution in [-0.2, 0) is 11.3 Å². The van der Waals surface area contributed by atoms with E-state index in [1.807, 2.05) is 0 Å². The molecule has 1 fully saturated rings. The van der Waals surface area contributed by atoms with Crippen molar-refractivity contribution in [3.8, 4) is 0 Å². The number of nitrogens with two attached hydrogens (primary N) is 1. The molecule has 0 aromatic heterocycles. The lowest BCUT2D eigenvalue weighted by atomic mass is 10.1. The van der Waals surface area contributed by atoms with Crippen molar-refractivity contribution < 1.29 is 4.74 Å². The van der Waals surface area contributed by atoms with Crippen molar-refractivity contribution in [2.45, 2.75) is 13.5 Å². The van der Waals surface area contributed by atoms with Gasteiger partial charge in [-0.2, -0.15) is 0 Å². The Kier molecular flexibility index (Phi) is 3.23. The molecule has 15 heavy (non-hydrogen) atoms. The van der Waals surface area contributed by atoms with Crippen LogP contribution in [0.4, 0.5) is 5.69 Å². The molecule has 0 spiro atoms. The van der Waals surface area contributed by atoms with Crippen LogP contribution in [0.3, 0.4) is 0 Å². The molecule has 1 aromatic rings. The van der Waals surface area contributed by atoms with E-state index in [-0.39, 0.29) is 0 Å². The van der Waals surface area contributed by atoms with Crippen LogP contribution in [-0.4, -0.2) is 26.3 Å². The van der Waals surface area contributed by atoms with Gasteiger partial charge in [-0.25, -0.2) is 0 Å². The molecular weight excluding hydrogens is 188 g/mol. The lowest BCUT2D eigenvalue weighted by Crippen LogP contribution is -2.36. The van der Waals surface area contributed by atoms with Gasteiger partial charge in [0, 0.05) is 25.3 Å². The van der Waals surface area contributed by atoms with Gasteiger partial charge in [0.1, 0.15) is 0 Å². The molecule has 2 rings (SSSR count). The van der Waals surface area contributed by atoms with E-state index in [9.17, 15) is 0 Å². The second-order valence-corrected chi connectivity index (χ2v) is 3.92. The number of aryl methyl sites for hydroxylation is 1. The predicted octanol–water partition coefficient (Wildman–Crippen LogP) is 1.29. The molecule has 1 aliphatic rings. The summed E-state index contributed by atoms with van der Waals surface area (Å²) in [6.07, 6.45) is 0. The molecule has 1 heterocycles. The molecule has 0 atom stereocenters. The van der Waals surface area contributed by atoms with Gasteiger partial charge in [-0.1, -0.05) is 12.1 Å². The molecule has 0 saturated carbocycles. The molecule has 0 bridgehead atoms. The highest BCUT2D eigenvalue weighted by Gasteiger charge is 2.12. The number of anilines is 1. The second kappa shape index (κ2) is 4.64. The summed E-state index contributed by atoms with van der Waals surface area (Å²) in [4.78, 5) is 2.37. The third kappa shape index (κ3) is 2.30. The molecule has 1 aliphatic heterocycles. The van der Waals surface area contributed by atoms with E-state index in [1.54, 1.807) is 0 Å². The standard InChI is InChI=1S/C12H18N2O/c1-10-8-11(9-13)2-3-12(10)14-4-6-15-7-5-14/h2-3,8H,4-7,9,13H2,1H3. The highest BCUT2D eigenvalue weighted by Crippen LogP contribution is 2.21. The first kappa shape index (κ1) is 10.5. The zero-order valence-electron chi connectivity index (χ0n) is 9.20. The predicted molar refractivity (Wildman–Crippen MR) is 62.1 cm³/mol. The Balaban J connectivity index is 2.19. The minimum absolute atomic E-state index is 0.615. The van der Waals surface area contributed by atoms with Crippen LogP contribution in [0.15, 0.2) is 18.2 Å².